The Morgan fingerprint density at radius 3 is 2.02 bits per heavy atom. The van der Waals surface area contributed by atoms with Crippen LogP contribution in [0, 0.1) is 6.33 Å². The van der Waals surface area contributed by atoms with Gasteiger partial charge in [-0.05, 0) is 93.6 Å². The SMILES string of the molecule is CC(C)(C)c1ccc(-[n+]2[c-]n(-c3cc(Oc4ccc5c6ccccc6n(-c6cc(C(C)(C)C)ccn6)c5c4)cc(C(C)(C)C)c3)cc2)cc1. The van der Waals surface area contributed by atoms with Gasteiger partial charge in [0, 0.05) is 35.4 Å². The lowest BCUT2D eigenvalue weighted by atomic mass is 9.86. The molecule has 4 aromatic carbocycles. The second kappa shape index (κ2) is 11.8. The molecule has 3 aromatic heterocycles. The van der Waals surface area contributed by atoms with E-state index < -0.39 is 0 Å². The number of ether oxygens (including phenoxy) is 1. The third kappa shape index (κ3) is 6.38. The van der Waals surface area contributed by atoms with Crippen molar-refractivity contribution in [3.05, 3.63) is 139 Å². The van der Waals surface area contributed by atoms with Crippen molar-refractivity contribution in [3.8, 4) is 28.7 Å². The van der Waals surface area contributed by atoms with Crippen molar-refractivity contribution >= 4 is 21.8 Å². The van der Waals surface area contributed by atoms with Crippen LogP contribution in [0.2, 0.25) is 0 Å². The van der Waals surface area contributed by atoms with Crippen molar-refractivity contribution in [1.82, 2.24) is 14.1 Å². The Morgan fingerprint density at radius 2 is 1.31 bits per heavy atom. The van der Waals surface area contributed by atoms with E-state index in [4.69, 9.17) is 9.72 Å². The van der Waals surface area contributed by atoms with Gasteiger partial charge in [-0.25, -0.2) is 4.98 Å². The molecule has 49 heavy (non-hydrogen) atoms. The molecule has 0 aliphatic heterocycles. The highest BCUT2D eigenvalue weighted by Crippen LogP contribution is 2.37. The van der Waals surface area contributed by atoms with Gasteiger partial charge < -0.3 is 4.74 Å². The van der Waals surface area contributed by atoms with E-state index in [0.29, 0.717) is 0 Å². The van der Waals surface area contributed by atoms with Crippen LogP contribution in [0.15, 0.2) is 116 Å². The standard InChI is InChI=1S/C44H46N4O/c1-42(2,3)30-14-16-33(17-15-30)46-22-23-47(29-46)34-24-32(44(7,8)9)25-36(27-34)49-35-18-19-38-37-12-10-11-13-39(37)48(40(38)28-35)41-26-31(20-21-45-41)43(4,5)6/h10-28H,1-9H3. The summed E-state index contributed by atoms with van der Waals surface area (Å²) in [5, 5.41) is 2.35. The number of para-hydroxylation sites is 1. The summed E-state index contributed by atoms with van der Waals surface area (Å²) in [4.78, 5) is 4.85. The van der Waals surface area contributed by atoms with E-state index in [1.54, 1.807) is 0 Å². The highest BCUT2D eigenvalue weighted by atomic mass is 16.5. The average Bonchev–Trinajstić information content (AvgIpc) is 3.67. The first kappa shape index (κ1) is 32.4. The van der Waals surface area contributed by atoms with E-state index in [-0.39, 0.29) is 16.2 Å². The van der Waals surface area contributed by atoms with Crippen LogP contribution in [0.25, 0.3) is 39.0 Å². The zero-order chi connectivity index (χ0) is 34.7. The predicted molar refractivity (Wildman–Crippen MR) is 201 cm³/mol. The van der Waals surface area contributed by atoms with Crippen molar-refractivity contribution in [2.75, 3.05) is 0 Å². The number of hydrogen-bond acceptors (Lipinski definition) is 2. The van der Waals surface area contributed by atoms with Crippen LogP contribution in [-0.4, -0.2) is 14.1 Å². The minimum absolute atomic E-state index is 0.00774. The molecule has 0 radical (unpaired) electrons. The lowest BCUT2D eigenvalue weighted by molar-refractivity contribution is -0.599. The molecule has 248 valence electrons. The lowest BCUT2D eigenvalue weighted by Crippen LogP contribution is -2.28. The molecular formula is C44H46N4O. The predicted octanol–water partition coefficient (Wildman–Crippen LogP) is 10.7. The van der Waals surface area contributed by atoms with Gasteiger partial charge in [-0.1, -0.05) is 92.6 Å². The van der Waals surface area contributed by atoms with Crippen molar-refractivity contribution in [2.24, 2.45) is 0 Å². The van der Waals surface area contributed by atoms with Gasteiger partial charge in [-0.15, -0.1) is 0 Å². The van der Waals surface area contributed by atoms with E-state index in [1.165, 1.54) is 22.1 Å². The summed E-state index contributed by atoms with van der Waals surface area (Å²) in [7, 11) is 0. The van der Waals surface area contributed by atoms with Crippen LogP contribution in [0.4, 0.5) is 0 Å². The lowest BCUT2D eigenvalue weighted by Gasteiger charge is -2.22. The zero-order valence-electron chi connectivity index (χ0n) is 30.2. The van der Waals surface area contributed by atoms with Gasteiger partial charge in [-0.3, -0.25) is 13.7 Å². The summed E-state index contributed by atoms with van der Waals surface area (Å²) in [5.74, 6) is 2.45. The molecule has 0 fully saturated rings. The summed E-state index contributed by atoms with van der Waals surface area (Å²) in [6.45, 7) is 20.1. The summed E-state index contributed by atoms with van der Waals surface area (Å²) in [5.41, 5.74) is 8.01. The Morgan fingerprint density at radius 1 is 0.612 bits per heavy atom. The molecule has 5 heteroatoms. The fraction of sp³-hybridized carbons (Fsp3) is 0.273. The fourth-order valence-electron chi connectivity index (χ4n) is 6.34. The number of pyridine rings is 1. The normalized spacial score (nSPS) is 12.6. The molecule has 5 nitrogen and oxygen atoms in total. The molecular weight excluding hydrogens is 601 g/mol. The molecule has 0 unspecified atom stereocenters. The molecule has 0 aliphatic rings. The van der Waals surface area contributed by atoms with E-state index >= 15 is 0 Å². The average molecular weight is 647 g/mol. The maximum atomic E-state index is 6.72. The van der Waals surface area contributed by atoms with Crippen molar-refractivity contribution in [3.63, 3.8) is 0 Å². The monoisotopic (exact) mass is 646 g/mol. The third-order valence-corrected chi connectivity index (χ3v) is 9.35. The Labute approximate surface area is 290 Å². The van der Waals surface area contributed by atoms with E-state index in [1.807, 2.05) is 27.7 Å². The van der Waals surface area contributed by atoms with Crippen LogP contribution in [0.5, 0.6) is 11.5 Å². The topological polar surface area (TPSA) is 35.9 Å². The largest absolute Gasteiger partial charge is 0.458 e. The van der Waals surface area contributed by atoms with Gasteiger partial charge in [0.2, 0.25) is 0 Å². The molecule has 0 aliphatic carbocycles. The van der Waals surface area contributed by atoms with Crippen molar-refractivity contribution in [2.45, 2.75) is 78.6 Å². The molecule has 7 aromatic rings. The van der Waals surface area contributed by atoms with Gasteiger partial charge in [0.05, 0.1) is 22.4 Å². The van der Waals surface area contributed by atoms with Crippen LogP contribution < -0.4 is 9.30 Å². The first-order valence-corrected chi connectivity index (χ1v) is 17.1. The Hall–Kier alpha value is -5.16. The smallest absolute Gasteiger partial charge is 0.268 e. The summed E-state index contributed by atoms with van der Waals surface area (Å²) in [6.07, 6.45) is 9.53. The summed E-state index contributed by atoms with van der Waals surface area (Å²) < 4.78 is 13.0. The van der Waals surface area contributed by atoms with E-state index in [2.05, 4.69) is 170 Å². The molecule has 0 spiro atoms. The number of rotatable bonds is 5. The molecule has 0 atom stereocenters. The first-order valence-electron chi connectivity index (χ1n) is 17.1. The Kier molecular flexibility index (Phi) is 7.78. The quantitative estimate of drug-likeness (QED) is 0.138. The third-order valence-electron chi connectivity index (χ3n) is 9.35. The highest BCUT2D eigenvalue weighted by molar-refractivity contribution is 6.09. The van der Waals surface area contributed by atoms with Crippen LogP contribution >= 0.6 is 0 Å². The molecule has 0 saturated carbocycles. The molecule has 0 amide bonds. The van der Waals surface area contributed by atoms with Crippen molar-refractivity contribution in [1.29, 1.82) is 0 Å². The van der Waals surface area contributed by atoms with Gasteiger partial charge in [-0.2, -0.15) is 0 Å². The molecule has 3 heterocycles. The maximum absolute atomic E-state index is 6.72. The number of benzene rings is 4. The molecule has 0 N–H and O–H groups in total. The van der Waals surface area contributed by atoms with Crippen molar-refractivity contribution < 1.29 is 9.30 Å². The molecule has 7 rings (SSSR count). The molecule has 0 saturated heterocycles. The second-order valence-electron chi connectivity index (χ2n) is 16.2. The van der Waals surface area contributed by atoms with Crippen LogP contribution in [0.3, 0.4) is 0 Å². The number of imidazole rings is 1. The number of hydrogen-bond donors (Lipinski definition) is 0. The Bertz CT molecular complexity index is 2300. The van der Waals surface area contributed by atoms with Gasteiger partial charge in [0.15, 0.2) is 0 Å². The summed E-state index contributed by atoms with van der Waals surface area (Å²) in [6, 6.07) is 34.4. The number of fused-ring (bicyclic) bond motifs is 3. The Balaban J connectivity index is 1.29. The first-order chi connectivity index (χ1) is 23.1. The van der Waals surface area contributed by atoms with Gasteiger partial charge in [0.25, 0.3) is 6.33 Å². The van der Waals surface area contributed by atoms with Gasteiger partial charge >= 0.3 is 0 Å². The zero-order valence-corrected chi connectivity index (χ0v) is 30.2. The van der Waals surface area contributed by atoms with Crippen LogP contribution in [-0.2, 0) is 16.2 Å². The minimum Gasteiger partial charge on any atom is -0.458 e. The van der Waals surface area contributed by atoms with E-state index in [9.17, 15) is 0 Å². The van der Waals surface area contributed by atoms with E-state index in [0.717, 1.165) is 45.1 Å². The number of nitrogens with zero attached hydrogens (tertiary/aromatic N) is 4. The minimum atomic E-state index is -0.0832. The van der Waals surface area contributed by atoms with Crippen LogP contribution in [0.1, 0.15) is 79.0 Å². The fourth-order valence-corrected chi connectivity index (χ4v) is 6.34. The maximum Gasteiger partial charge on any atom is 0.268 e. The second-order valence-corrected chi connectivity index (χ2v) is 16.2. The van der Waals surface area contributed by atoms with Gasteiger partial charge in [0.1, 0.15) is 17.3 Å². The number of aromatic nitrogens is 4. The highest BCUT2D eigenvalue weighted by Gasteiger charge is 2.20. The summed E-state index contributed by atoms with van der Waals surface area (Å²) >= 11 is 0. The molecule has 0 bridgehead atoms.